The highest BCUT2D eigenvalue weighted by Gasteiger charge is 2.32. The van der Waals surface area contributed by atoms with Crippen molar-refractivity contribution in [2.24, 2.45) is 0 Å². The molecule has 0 atom stereocenters. The Kier molecular flexibility index (Phi) is 9.53. The van der Waals surface area contributed by atoms with Crippen molar-refractivity contribution in [3.63, 3.8) is 0 Å². The molecule has 0 heterocycles. The molecule has 0 unspecified atom stereocenters. The summed E-state index contributed by atoms with van der Waals surface area (Å²) in [5.74, 6) is -1.33. The topological polar surface area (TPSA) is 111 Å². The van der Waals surface area contributed by atoms with E-state index in [2.05, 4.69) is 47.4 Å². The average Bonchev–Trinajstić information content (AvgIpc) is 2.71. The van der Waals surface area contributed by atoms with Gasteiger partial charge in [0.1, 0.15) is 0 Å². The third-order valence-electron chi connectivity index (χ3n) is 5.40. The van der Waals surface area contributed by atoms with Gasteiger partial charge in [-0.2, -0.15) is 13.2 Å². The van der Waals surface area contributed by atoms with Gasteiger partial charge in [-0.05, 0) is 78.5 Å². The first-order valence-corrected chi connectivity index (χ1v) is 11.8. The van der Waals surface area contributed by atoms with Crippen molar-refractivity contribution in [1.29, 1.82) is 0 Å². The Morgan fingerprint density at radius 3 is 2.14 bits per heavy atom. The van der Waals surface area contributed by atoms with Crippen LogP contribution in [0.2, 0.25) is 0 Å². The number of hydrogen-bond donors (Lipinski definition) is 5. The van der Waals surface area contributed by atoms with E-state index in [1.54, 1.807) is 13.8 Å². The van der Waals surface area contributed by atoms with E-state index in [0.717, 1.165) is 37.8 Å². The van der Waals surface area contributed by atoms with Crippen molar-refractivity contribution in [3.05, 3.63) is 29.3 Å². The van der Waals surface area contributed by atoms with E-state index in [1.807, 2.05) is 0 Å². The maximum atomic E-state index is 13.2. The van der Waals surface area contributed by atoms with Crippen molar-refractivity contribution < 1.29 is 27.6 Å². The molecule has 8 nitrogen and oxygen atoms in total. The highest BCUT2D eigenvalue weighted by molar-refractivity contribution is 6.04. The minimum Gasteiger partial charge on any atom is -0.352 e. The Morgan fingerprint density at radius 2 is 1.60 bits per heavy atom. The van der Waals surface area contributed by atoms with E-state index >= 15 is 0 Å². The first-order chi connectivity index (χ1) is 16.1. The van der Waals surface area contributed by atoms with E-state index in [1.165, 1.54) is 0 Å². The summed E-state index contributed by atoms with van der Waals surface area (Å²) in [6.45, 7) is 9.34. The summed E-state index contributed by atoms with van der Waals surface area (Å²) in [5.41, 5.74) is -1.51. The van der Waals surface area contributed by atoms with Gasteiger partial charge in [-0.15, -0.1) is 0 Å². The van der Waals surface area contributed by atoms with Crippen LogP contribution in [0.25, 0.3) is 0 Å². The van der Waals surface area contributed by atoms with Crippen LogP contribution in [-0.2, 0) is 11.0 Å². The summed E-state index contributed by atoms with van der Waals surface area (Å²) in [4.78, 5) is 37.1. The number of nitrogens with one attached hydrogen (secondary N) is 5. The molecule has 5 N–H and O–H groups in total. The van der Waals surface area contributed by atoms with E-state index in [4.69, 9.17) is 0 Å². The summed E-state index contributed by atoms with van der Waals surface area (Å²) < 4.78 is 39.6. The zero-order valence-electron chi connectivity index (χ0n) is 20.9. The second-order valence-corrected chi connectivity index (χ2v) is 10.2. The van der Waals surface area contributed by atoms with Crippen molar-refractivity contribution in [2.45, 2.75) is 90.1 Å². The minimum absolute atomic E-state index is 0.0115. The van der Waals surface area contributed by atoms with Gasteiger partial charge in [0.15, 0.2) is 0 Å². The Balaban J connectivity index is 1.98. The van der Waals surface area contributed by atoms with Crippen molar-refractivity contribution >= 4 is 23.5 Å². The van der Waals surface area contributed by atoms with E-state index in [-0.39, 0.29) is 28.9 Å². The quantitative estimate of drug-likeness (QED) is 0.393. The number of alkyl halides is 3. The van der Waals surface area contributed by atoms with Crippen LogP contribution in [-0.4, -0.2) is 48.1 Å². The third-order valence-corrected chi connectivity index (χ3v) is 5.40. The van der Waals surface area contributed by atoms with Crippen LogP contribution in [0.4, 0.5) is 23.7 Å². The Hall–Kier alpha value is -2.82. The summed E-state index contributed by atoms with van der Waals surface area (Å²) in [6, 6.07) is 1.92. The second-order valence-electron chi connectivity index (χ2n) is 10.2. The summed E-state index contributed by atoms with van der Waals surface area (Å²) >= 11 is 0. The van der Waals surface area contributed by atoms with Crippen LogP contribution in [0.5, 0.6) is 0 Å². The van der Waals surface area contributed by atoms with Crippen molar-refractivity contribution in [1.82, 2.24) is 21.3 Å². The molecular weight excluding hydrogens is 463 g/mol. The normalized spacial score (nSPS) is 18.7. The molecule has 0 bridgehead atoms. The lowest BCUT2D eigenvalue weighted by molar-refractivity contribution is -0.137. The largest absolute Gasteiger partial charge is 0.416 e. The molecule has 0 aromatic heterocycles. The monoisotopic (exact) mass is 499 g/mol. The molecule has 1 aliphatic carbocycles. The molecule has 35 heavy (non-hydrogen) atoms. The highest BCUT2D eigenvalue weighted by atomic mass is 19.4. The molecule has 0 saturated heterocycles. The Bertz CT molecular complexity index is 905. The van der Waals surface area contributed by atoms with Gasteiger partial charge in [0, 0.05) is 23.7 Å². The fraction of sp³-hybridized carbons (Fsp3) is 0.625. The first kappa shape index (κ1) is 28.4. The number of rotatable bonds is 7. The van der Waals surface area contributed by atoms with Crippen LogP contribution in [0, 0.1) is 0 Å². The number of benzene rings is 1. The van der Waals surface area contributed by atoms with Crippen LogP contribution < -0.4 is 26.6 Å². The number of hydrogen-bond acceptors (Lipinski definition) is 4. The fourth-order valence-electron chi connectivity index (χ4n) is 3.97. The smallest absolute Gasteiger partial charge is 0.352 e. The van der Waals surface area contributed by atoms with Crippen LogP contribution >= 0.6 is 0 Å². The maximum Gasteiger partial charge on any atom is 0.416 e. The molecule has 1 aliphatic rings. The molecule has 196 valence electrons. The van der Waals surface area contributed by atoms with Crippen molar-refractivity contribution in [3.8, 4) is 0 Å². The highest BCUT2D eigenvalue weighted by Crippen LogP contribution is 2.32. The molecular formula is C24H36F3N5O3. The van der Waals surface area contributed by atoms with Gasteiger partial charge in [-0.1, -0.05) is 0 Å². The standard InChI is InChI=1S/C24H36F3N5O3/c1-14(2)29-22(35)31-19-11-6-15(24(25,26)27)12-18(19)21(34)28-13-20(33)30-16-7-9-17(10-8-16)32-23(3,4)5/h6,11-12,14,16-17,32H,7-10,13H2,1-5H3,(H,28,34)(H,30,33)(H2,29,31,35). The fourth-order valence-corrected chi connectivity index (χ4v) is 3.97. The predicted molar refractivity (Wildman–Crippen MR) is 128 cm³/mol. The third kappa shape index (κ3) is 9.75. The maximum absolute atomic E-state index is 13.2. The second kappa shape index (κ2) is 11.7. The molecule has 1 aromatic carbocycles. The van der Waals surface area contributed by atoms with E-state index in [9.17, 15) is 27.6 Å². The Labute approximate surface area is 204 Å². The van der Waals surface area contributed by atoms with Gasteiger partial charge < -0.3 is 26.6 Å². The summed E-state index contributed by atoms with van der Waals surface area (Å²) in [6.07, 6.45) is -1.27. The van der Waals surface area contributed by atoms with Crippen LogP contribution in [0.15, 0.2) is 18.2 Å². The van der Waals surface area contributed by atoms with Gasteiger partial charge in [0.05, 0.1) is 23.4 Å². The van der Waals surface area contributed by atoms with Gasteiger partial charge in [-0.25, -0.2) is 4.79 Å². The van der Waals surface area contributed by atoms with Crippen molar-refractivity contribution in [2.75, 3.05) is 11.9 Å². The molecule has 0 spiro atoms. The molecule has 4 amide bonds. The van der Waals surface area contributed by atoms with Gasteiger partial charge >= 0.3 is 12.2 Å². The number of urea groups is 1. The molecule has 0 radical (unpaired) electrons. The SMILES string of the molecule is CC(C)NC(=O)Nc1ccc(C(F)(F)F)cc1C(=O)NCC(=O)NC1CCC(NC(C)(C)C)CC1. The molecule has 2 rings (SSSR count). The Morgan fingerprint density at radius 1 is 1.00 bits per heavy atom. The van der Waals surface area contributed by atoms with Crippen LogP contribution in [0.3, 0.4) is 0 Å². The van der Waals surface area contributed by atoms with Gasteiger partial charge in [-0.3, -0.25) is 9.59 Å². The number of amides is 4. The number of carbonyl (C=O) groups excluding carboxylic acids is 3. The number of halogens is 3. The van der Waals surface area contributed by atoms with E-state index in [0.29, 0.717) is 12.1 Å². The zero-order valence-corrected chi connectivity index (χ0v) is 20.9. The number of carbonyl (C=O) groups is 3. The zero-order chi connectivity index (χ0) is 26.4. The predicted octanol–water partition coefficient (Wildman–Crippen LogP) is 3.78. The lowest BCUT2D eigenvalue weighted by Gasteiger charge is -2.34. The lowest BCUT2D eigenvalue weighted by atomic mass is 9.89. The minimum atomic E-state index is -4.67. The van der Waals surface area contributed by atoms with Gasteiger partial charge in [0.25, 0.3) is 5.91 Å². The molecule has 1 fully saturated rings. The summed E-state index contributed by atoms with van der Waals surface area (Å²) in [5, 5.41) is 13.7. The lowest BCUT2D eigenvalue weighted by Crippen LogP contribution is -2.49. The average molecular weight is 500 g/mol. The first-order valence-electron chi connectivity index (χ1n) is 11.8. The molecule has 1 aromatic rings. The van der Waals surface area contributed by atoms with E-state index < -0.39 is 36.1 Å². The molecule has 1 saturated carbocycles. The number of anilines is 1. The summed E-state index contributed by atoms with van der Waals surface area (Å²) in [7, 11) is 0. The molecule has 0 aliphatic heterocycles. The van der Waals surface area contributed by atoms with Gasteiger partial charge in [0.2, 0.25) is 5.91 Å². The van der Waals surface area contributed by atoms with Crippen LogP contribution in [0.1, 0.15) is 76.2 Å². The molecule has 11 heteroatoms.